The molecule has 1 aliphatic heterocycles. The number of rotatable bonds is 3. The number of nitrogens with two attached hydrogens (primary N) is 1. The summed E-state index contributed by atoms with van der Waals surface area (Å²) in [4.78, 5) is 7.10. The SMILES string of the molecule is CCC1(C)CCN(Cc2ccc(N)c3cccnc23)CC1. The molecule has 3 rings (SSSR count). The molecule has 21 heavy (non-hydrogen) atoms. The monoisotopic (exact) mass is 283 g/mol. The van der Waals surface area contributed by atoms with Gasteiger partial charge in [-0.3, -0.25) is 9.88 Å². The Labute approximate surface area is 127 Å². The highest BCUT2D eigenvalue weighted by Crippen LogP contribution is 2.34. The van der Waals surface area contributed by atoms with Crippen molar-refractivity contribution in [2.75, 3.05) is 18.8 Å². The molecule has 1 fully saturated rings. The third-order valence-corrected chi connectivity index (χ3v) is 5.20. The van der Waals surface area contributed by atoms with E-state index in [4.69, 9.17) is 5.73 Å². The number of likely N-dealkylation sites (tertiary alicyclic amines) is 1. The summed E-state index contributed by atoms with van der Waals surface area (Å²) in [6.07, 6.45) is 5.73. The lowest BCUT2D eigenvalue weighted by atomic mass is 9.78. The molecular formula is C18H25N3. The van der Waals surface area contributed by atoms with Gasteiger partial charge in [0.2, 0.25) is 0 Å². The maximum absolute atomic E-state index is 6.06. The number of piperidine rings is 1. The molecule has 1 aromatic heterocycles. The lowest BCUT2D eigenvalue weighted by Gasteiger charge is -2.39. The molecule has 3 heteroatoms. The van der Waals surface area contributed by atoms with Gasteiger partial charge in [0.25, 0.3) is 0 Å². The van der Waals surface area contributed by atoms with Crippen LogP contribution in [0.5, 0.6) is 0 Å². The number of fused-ring (bicyclic) bond motifs is 1. The summed E-state index contributed by atoms with van der Waals surface area (Å²) in [6, 6.07) is 8.17. The first kappa shape index (κ1) is 14.3. The van der Waals surface area contributed by atoms with E-state index in [1.165, 1.54) is 37.9 Å². The normalized spacial score (nSPS) is 19.0. The molecule has 2 aromatic rings. The van der Waals surface area contributed by atoms with Crippen molar-refractivity contribution < 1.29 is 0 Å². The Morgan fingerprint density at radius 1 is 1.24 bits per heavy atom. The fraction of sp³-hybridized carbons (Fsp3) is 0.500. The Bertz CT molecular complexity index is 627. The molecule has 0 bridgehead atoms. The van der Waals surface area contributed by atoms with E-state index in [1.54, 1.807) is 0 Å². The van der Waals surface area contributed by atoms with E-state index in [-0.39, 0.29) is 0 Å². The van der Waals surface area contributed by atoms with Gasteiger partial charge in [-0.1, -0.05) is 26.3 Å². The number of nitrogens with zero attached hydrogens (tertiary/aromatic N) is 2. The molecule has 2 N–H and O–H groups in total. The van der Waals surface area contributed by atoms with E-state index in [0.29, 0.717) is 5.41 Å². The first-order valence-electron chi connectivity index (χ1n) is 7.96. The zero-order valence-corrected chi connectivity index (χ0v) is 13.1. The van der Waals surface area contributed by atoms with Crippen LogP contribution in [0.2, 0.25) is 0 Å². The average molecular weight is 283 g/mol. The summed E-state index contributed by atoms with van der Waals surface area (Å²) < 4.78 is 0. The highest BCUT2D eigenvalue weighted by Gasteiger charge is 2.28. The van der Waals surface area contributed by atoms with Gasteiger partial charge in [0.1, 0.15) is 0 Å². The molecule has 0 amide bonds. The molecule has 3 nitrogen and oxygen atoms in total. The van der Waals surface area contributed by atoms with Crippen LogP contribution < -0.4 is 5.73 Å². The predicted octanol–water partition coefficient (Wildman–Crippen LogP) is 3.83. The van der Waals surface area contributed by atoms with E-state index in [1.807, 2.05) is 18.3 Å². The van der Waals surface area contributed by atoms with Crippen molar-refractivity contribution >= 4 is 16.6 Å². The summed E-state index contributed by atoms with van der Waals surface area (Å²) in [5.74, 6) is 0. The molecule has 0 radical (unpaired) electrons. The molecule has 112 valence electrons. The largest absolute Gasteiger partial charge is 0.398 e. The van der Waals surface area contributed by atoms with Gasteiger partial charge in [-0.15, -0.1) is 0 Å². The topological polar surface area (TPSA) is 42.1 Å². The molecule has 1 aliphatic rings. The number of benzene rings is 1. The van der Waals surface area contributed by atoms with Crippen LogP contribution in [-0.2, 0) is 6.54 Å². The van der Waals surface area contributed by atoms with Gasteiger partial charge >= 0.3 is 0 Å². The van der Waals surface area contributed by atoms with Crippen molar-refractivity contribution in [3.63, 3.8) is 0 Å². The van der Waals surface area contributed by atoms with Crippen LogP contribution in [0.25, 0.3) is 10.9 Å². The second kappa shape index (κ2) is 5.64. The van der Waals surface area contributed by atoms with E-state index in [0.717, 1.165) is 23.1 Å². The maximum Gasteiger partial charge on any atom is 0.0767 e. The molecule has 2 heterocycles. The van der Waals surface area contributed by atoms with Crippen LogP contribution in [0.1, 0.15) is 38.7 Å². The third kappa shape index (κ3) is 2.88. The van der Waals surface area contributed by atoms with Crippen molar-refractivity contribution in [1.29, 1.82) is 0 Å². The summed E-state index contributed by atoms with van der Waals surface area (Å²) in [5, 5.41) is 1.07. The number of pyridine rings is 1. The van der Waals surface area contributed by atoms with Crippen molar-refractivity contribution in [3.05, 3.63) is 36.0 Å². The zero-order chi connectivity index (χ0) is 14.9. The molecule has 1 saturated heterocycles. The van der Waals surface area contributed by atoms with Crippen LogP contribution in [0.4, 0.5) is 5.69 Å². The Balaban J connectivity index is 1.79. The Hall–Kier alpha value is -1.61. The van der Waals surface area contributed by atoms with Gasteiger partial charge < -0.3 is 5.73 Å². The highest BCUT2D eigenvalue weighted by molar-refractivity contribution is 5.92. The minimum Gasteiger partial charge on any atom is -0.398 e. The summed E-state index contributed by atoms with van der Waals surface area (Å²) in [5.41, 5.74) is 9.76. The highest BCUT2D eigenvalue weighted by atomic mass is 15.1. The predicted molar refractivity (Wildman–Crippen MR) is 89.1 cm³/mol. The lowest BCUT2D eigenvalue weighted by Crippen LogP contribution is -2.37. The second-order valence-electron chi connectivity index (χ2n) is 6.65. The molecular weight excluding hydrogens is 258 g/mol. The first-order chi connectivity index (χ1) is 10.1. The quantitative estimate of drug-likeness (QED) is 0.871. The van der Waals surface area contributed by atoms with Crippen LogP contribution in [0, 0.1) is 5.41 Å². The Kier molecular flexibility index (Phi) is 3.85. The summed E-state index contributed by atoms with van der Waals surface area (Å²) >= 11 is 0. The van der Waals surface area contributed by atoms with Gasteiger partial charge in [0, 0.05) is 23.8 Å². The van der Waals surface area contributed by atoms with Crippen LogP contribution in [-0.4, -0.2) is 23.0 Å². The van der Waals surface area contributed by atoms with Gasteiger partial charge in [-0.25, -0.2) is 0 Å². The van der Waals surface area contributed by atoms with Gasteiger partial charge in [-0.2, -0.15) is 0 Å². The van der Waals surface area contributed by atoms with Crippen LogP contribution >= 0.6 is 0 Å². The van der Waals surface area contributed by atoms with Crippen molar-refractivity contribution in [2.45, 2.75) is 39.7 Å². The Morgan fingerprint density at radius 2 is 2.00 bits per heavy atom. The Morgan fingerprint density at radius 3 is 2.71 bits per heavy atom. The number of aromatic nitrogens is 1. The van der Waals surface area contributed by atoms with Crippen LogP contribution in [0.3, 0.4) is 0 Å². The fourth-order valence-electron chi connectivity index (χ4n) is 3.23. The molecule has 0 atom stereocenters. The maximum atomic E-state index is 6.06. The molecule has 0 aliphatic carbocycles. The van der Waals surface area contributed by atoms with Gasteiger partial charge in [-0.05, 0) is 55.1 Å². The standard InChI is InChI=1S/C18H25N3/c1-3-18(2)8-11-21(12-9-18)13-14-6-7-16(19)15-5-4-10-20-17(14)15/h4-7,10H,3,8-9,11-13,19H2,1-2H3. The van der Waals surface area contributed by atoms with E-state index >= 15 is 0 Å². The lowest BCUT2D eigenvalue weighted by molar-refractivity contribution is 0.110. The third-order valence-electron chi connectivity index (χ3n) is 5.20. The van der Waals surface area contributed by atoms with E-state index in [9.17, 15) is 0 Å². The number of hydrogen-bond donors (Lipinski definition) is 1. The average Bonchev–Trinajstić information content (AvgIpc) is 2.53. The molecule has 0 spiro atoms. The van der Waals surface area contributed by atoms with Gasteiger partial charge in [0.05, 0.1) is 5.52 Å². The van der Waals surface area contributed by atoms with Crippen molar-refractivity contribution in [1.82, 2.24) is 9.88 Å². The molecule has 0 saturated carbocycles. The minimum absolute atomic E-state index is 0.540. The fourth-order valence-corrected chi connectivity index (χ4v) is 3.23. The number of hydrogen-bond acceptors (Lipinski definition) is 3. The molecule has 1 aromatic carbocycles. The van der Waals surface area contributed by atoms with Crippen LogP contribution in [0.15, 0.2) is 30.5 Å². The zero-order valence-electron chi connectivity index (χ0n) is 13.1. The van der Waals surface area contributed by atoms with Gasteiger partial charge in [0.15, 0.2) is 0 Å². The summed E-state index contributed by atoms with van der Waals surface area (Å²) in [6.45, 7) is 8.08. The summed E-state index contributed by atoms with van der Waals surface area (Å²) in [7, 11) is 0. The van der Waals surface area contributed by atoms with Crippen molar-refractivity contribution in [3.8, 4) is 0 Å². The van der Waals surface area contributed by atoms with Crippen molar-refractivity contribution in [2.24, 2.45) is 5.41 Å². The minimum atomic E-state index is 0.540. The number of anilines is 1. The number of nitrogen functional groups attached to an aromatic ring is 1. The first-order valence-corrected chi connectivity index (χ1v) is 7.96. The second-order valence-corrected chi connectivity index (χ2v) is 6.65. The van der Waals surface area contributed by atoms with E-state index in [2.05, 4.69) is 35.9 Å². The van der Waals surface area contributed by atoms with E-state index < -0.39 is 0 Å². The smallest absolute Gasteiger partial charge is 0.0767 e. The molecule has 0 unspecified atom stereocenters.